The largest absolute Gasteiger partial charge is 0.894 e. The summed E-state index contributed by atoms with van der Waals surface area (Å²) in [7, 11) is -1.74. The summed E-state index contributed by atoms with van der Waals surface area (Å²) in [5.41, 5.74) is 0. The van der Waals surface area contributed by atoms with E-state index in [2.05, 4.69) is 48.5 Å². The molecule has 0 aliphatic rings. The van der Waals surface area contributed by atoms with E-state index < -0.39 is 23.5 Å². The summed E-state index contributed by atoms with van der Waals surface area (Å²) in [6.45, 7) is 15.2. The Balaban J connectivity index is 5.11. The van der Waals surface area contributed by atoms with E-state index in [0.717, 1.165) is 0 Å². The predicted octanol–water partition coefficient (Wildman–Crippen LogP) is 6.18. The molecule has 0 N–H and O–H groups in total. The minimum Gasteiger partial charge on any atom is -0.498 e. The highest BCUT2D eigenvalue weighted by Crippen LogP contribution is 2.31. The van der Waals surface area contributed by atoms with Gasteiger partial charge in [0.05, 0.1) is 0 Å². The number of unbranched alkanes of at least 4 members (excludes halogenated alkanes) is 3. The van der Waals surface area contributed by atoms with E-state index in [4.69, 9.17) is 11.1 Å². The summed E-state index contributed by atoms with van der Waals surface area (Å²) in [6.07, 6.45) is 7.95. The molecule has 0 aromatic carbocycles. The third kappa shape index (κ3) is 11.7. The first-order valence-corrected chi connectivity index (χ1v) is 13.8. The van der Waals surface area contributed by atoms with Gasteiger partial charge in [0.15, 0.2) is 8.32 Å². The third-order valence-electron chi connectivity index (χ3n) is 4.07. The van der Waals surface area contributed by atoms with Crippen molar-refractivity contribution in [3.8, 4) is 0 Å². The van der Waals surface area contributed by atoms with E-state index in [1.165, 1.54) is 56.7 Å². The maximum atomic E-state index is 6.80. The molecule has 0 aromatic rings. The van der Waals surface area contributed by atoms with Crippen LogP contribution in [0.3, 0.4) is 0 Å². The molecule has 0 amide bonds. The van der Waals surface area contributed by atoms with Crippen LogP contribution in [0.25, 0.3) is 0 Å². The Morgan fingerprint density at radius 2 is 1.04 bits per heavy atom. The van der Waals surface area contributed by atoms with Crippen LogP contribution in [0, 0.1) is 0 Å². The Morgan fingerprint density at radius 3 is 1.30 bits per heavy atom. The van der Waals surface area contributed by atoms with Crippen molar-refractivity contribution in [3.63, 3.8) is 0 Å². The number of hydrogen-bond donors (Lipinski definition) is 0. The lowest BCUT2D eigenvalue weighted by atomic mass is 10.4. The standard InChI is InChI=1S/C12H27OSi.2C3H7O.Al/c1-4-7-10-14(13,11-8-5-2)12-9-6-3;2*1-3(2)4;/h4-12H2,1-3H3;2*3H,1-2H3;/q3*-1;+3. The summed E-state index contributed by atoms with van der Waals surface area (Å²) >= 11 is -2.04. The summed E-state index contributed by atoms with van der Waals surface area (Å²) in [5.74, 6) is 0. The Kier molecular flexibility index (Phi) is 14.2. The molecular formula is C18H41AlO3Si. The lowest BCUT2D eigenvalue weighted by molar-refractivity contribution is 0.0818. The van der Waals surface area contributed by atoms with Crippen molar-refractivity contribution < 1.29 is 11.1 Å². The molecule has 23 heavy (non-hydrogen) atoms. The molecule has 138 valence electrons. The van der Waals surface area contributed by atoms with Gasteiger partial charge in [0.2, 0.25) is 0 Å². The van der Waals surface area contributed by atoms with Crippen LogP contribution < -0.4 is 0 Å². The molecule has 0 radical (unpaired) electrons. The van der Waals surface area contributed by atoms with Crippen LogP contribution in [0.15, 0.2) is 0 Å². The van der Waals surface area contributed by atoms with Crippen molar-refractivity contribution in [2.45, 2.75) is 117 Å². The molecule has 0 rings (SSSR count). The highest BCUT2D eigenvalue weighted by Gasteiger charge is 2.44. The van der Waals surface area contributed by atoms with Gasteiger partial charge in [0.1, 0.15) is 0 Å². The van der Waals surface area contributed by atoms with E-state index in [0.29, 0.717) is 0 Å². The Morgan fingerprint density at radius 1 is 0.696 bits per heavy atom. The summed E-state index contributed by atoms with van der Waals surface area (Å²) < 4.78 is 19.0. The fourth-order valence-corrected chi connectivity index (χ4v) is 11.0. The molecule has 0 saturated heterocycles. The van der Waals surface area contributed by atoms with Crippen LogP contribution >= 0.6 is 0 Å². The van der Waals surface area contributed by atoms with Crippen LogP contribution in [0.2, 0.25) is 18.1 Å². The third-order valence-corrected chi connectivity index (χ3v) is 12.2. The average molecular weight is 361 g/mol. The molecule has 0 saturated carbocycles. The van der Waals surface area contributed by atoms with Gasteiger partial charge in [-0.1, -0.05) is 59.3 Å². The van der Waals surface area contributed by atoms with Gasteiger partial charge < -0.3 is 11.1 Å². The van der Waals surface area contributed by atoms with Crippen LogP contribution in [-0.4, -0.2) is 35.7 Å². The number of hydrogen-bond acceptors (Lipinski definition) is 3. The van der Waals surface area contributed by atoms with Gasteiger partial charge in [-0.3, -0.25) is 0 Å². The van der Waals surface area contributed by atoms with Crippen LogP contribution in [0.1, 0.15) is 87.0 Å². The normalized spacial score (nSPS) is 12.4. The quantitative estimate of drug-likeness (QED) is 0.326. The van der Waals surface area contributed by atoms with Crippen molar-refractivity contribution in [3.05, 3.63) is 0 Å². The van der Waals surface area contributed by atoms with Gasteiger partial charge in [0.25, 0.3) is 0 Å². The molecule has 0 aliphatic heterocycles. The van der Waals surface area contributed by atoms with Crippen molar-refractivity contribution >= 4 is 23.5 Å². The first-order chi connectivity index (χ1) is 10.9. The minimum absolute atomic E-state index is 0.181. The summed E-state index contributed by atoms with van der Waals surface area (Å²) in [4.78, 5) is 0. The average Bonchev–Trinajstić information content (AvgIpc) is 2.47. The molecule has 0 fully saturated rings. The van der Waals surface area contributed by atoms with E-state index >= 15 is 0 Å². The zero-order valence-electron chi connectivity index (χ0n) is 16.8. The highest BCUT2D eigenvalue weighted by atomic mass is 28.4. The number of rotatable bonds is 15. The molecule has 0 aromatic heterocycles. The maximum Gasteiger partial charge on any atom is 0.894 e. The van der Waals surface area contributed by atoms with Gasteiger partial charge in [-0.05, 0) is 45.8 Å². The molecule has 0 aliphatic carbocycles. The van der Waals surface area contributed by atoms with Gasteiger partial charge >= 0.3 is 15.1 Å². The second-order valence-electron chi connectivity index (χ2n) is 7.27. The second-order valence-corrected chi connectivity index (χ2v) is 13.2. The summed E-state index contributed by atoms with van der Waals surface area (Å²) in [6, 6.07) is 3.82. The van der Waals surface area contributed by atoms with Gasteiger partial charge in [-0.2, -0.15) is 0 Å². The zero-order chi connectivity index (χ0) is 17.7. The molecule has 0 atom stereocenters. The molecule has 5 heteroatoms. The highest BCUT2D eigenvalue weighted by molar-refractivity contribution is 6.78. The van der Waals surface area contributed by atoms with Crippen molar-refractivity contribution in [1.82, 2.24) is 0 Å². The lowest BCUT2D eigenvalue weighted by Gasteiger charge is -2.35. The zero-order valence-corrected chi connectivity index (χ0v) is 19.0. The van der Waals surface area contributed by atoms with Gasteiger partial charge in [-0.15, -0.1) is 0 Å². The van der Waals surface area contributed by atoms with E-state index in [1.807, 2.05) is 0 Å². The first kappa shape index (κ1) is 23.6. The molecule has 0 unspecified atom stereocenters. The van der Waals surface area contributed by atoms with Crippen LogP contribution in [-0.2, 0) is 11.1 Å². The van der Waals surface area contributed by atoms with E-state index in [1.54, 1.807) is 0 Å². The Hall–Kier alpha value is 0.629. The Labute approximate surface area is 152 Å². The smallest absolute Gasteiger partial charge is 0.498 e. The molecule has 0 heterocycles. The van der Waals surface area contributed by atoms with Crippen LogP contribution in [0.5, 0.6) is 0 Å². The summed E-state index contributed by atoms with van der Waals surface area (Å²) in [5, 5.41) is 0. The second kappa shape index (κ2) is 13.9. The molecular weight excluding hydrogens is 319 g/mol. The van der Waals surface area contributed by atoms with Crippen molar-refractivity contribution in [1.29, 1.82) is 0 Å². The minimum atomic E-state index is -2.04. The van der Waals surface area contributed by atoms with Crippen LogP contribution in [0.4, 0.5) is 0 Å². The maximum absolute atomic E-state index is 6.80. The van der Waals surface area contributed by atoms with Crippen molar-refractivity contribution in [2.75, 3.05) is 0 Å². The van der Waals surface area contributed by atoms with Gasteiger partial charge in [-0.25, -0.2) is 0 Å². The Bertz CT molecular complexity index is 243. The molecule has 3 nitrogen and oxygen atoms in total. The van der Waals surface area contributed by atoms with E-state index in [9.17, 15) is 0 Å². The predicted molar refractivity (Wildman–Crippen MR) is 104 cm³/mol. The molecule has 0 spiro atoms. The van der Waals surface area contributed by atoms with Gasteiger partial charge in [0, 0.05) is 12.2 Å². The monoisotopic (exact) mass is 360 g/mol. The first-order valence-electron chi connectivity index (χ1n) is 9.87. The fourth-order valence-electron chi connectivity index (χ4n) is 2.78. The SMILES string of the molecule is CCCC[Si](CCCC)(CCCC)[O][Al]([O]C(C)C)[O]C(C)C. The lowest BCUT2D eigenvalue weighted by Crippen LogP contribution is -2.47. The topological polar surface area (TPSA) is 27.7 Å². The van der Waals surface area contributed by atoms with Crippen molar-refractivity contribution in [2.24, 2.45) is 0 Å². The molecule has 0 bridgehead atoms. The fraction of sp³-hybridized carbons (Fsp3) is 1.00. The van der Waals surface area contributed by atoms with E-state index in [-0.39, 0.29) is 12.2 Å².